The topological polar surface area (TPSA) is 43.4 Å². The van der Waals surface area contributed by atoms with E-state index in [0.717, 1.165) is 21.9 Å². The molecule has 0 spiro atoms. The van der Waals surface area contributed by atoms with E-state index in [1.165, 1.54) is 0 Å². The third-order valence-electron chi connectivity index (χ3n) is 6.95. The molecular formula is C28H20O3. The van der Waals surface area contributed by atoms with Crippen molar-refractivity contribution in [2.75, 3.05) is 0 Å². The first-order valence-corrected chi connectivity index (χ1v) is 10.6. The number of hydrogen-bond acceptors (Lipinski definition) is 3. The Morgan fingerprint density at radius 1 is 0.806 bits per heavy atom. The SMILES string of the molecule is O=C1Oc2ccc3ccccc3c2[C@@H]2[C@@H](c3ccccc3)C[C@]12C(=O)c1ccccc1. The summed E-state index contributed by atoms with van der Waals surface area (Å²) in [5, 5.41) is 2.13. The number of fused-ring (bicyclic) bond motifs is 5. The van der Waals surface area contributed by atoms with E-state index in [-0.39, 0.29) is 17.6 Å². The summed E-state index contributed by atoms with van der Waals surface area (Å²) in [5.41, 5.74) is 1.48. The molecule has 1 heterocycles. The van der Waals surface area contributed by atoms with Crippen LogP contribution in [0.25, 0.3) is 10.8 Å². The predicted octanol–water partition coefficient (Wildman–Crippen LogP) is 5.90. The van der Waals surface area contributed by atoms with Gasteiger partial charge in [-0.1, -0.05) is 91.0 Å². The zero-order valence-electron chi connectivity index (χ0n) is 16.8. The zero-order chi connectivity index (χ0) is 21.0. The number of ketones is 1. The van der Waals surface area contributed by atoms with Crippen molar-refractivity contribution in [2.24, 2.45) is 5.41 Å². The third kappa shape index (κ3) is 2.46. The van der Waals surface area contributed by atoms with E-state index in [1.54, 1.807) is 12.1 Å². The molecule has 0 N–H and O–H groups in total. The molecule has 3 nitrogen and oxygen atoms in total. The molecule has 3 atom stereocenters. The fourth-order valence-corrected chi connectivity index (χ4v) is 5.49. The molecule has 1 saturated carbocycles. The largest absolute Gasteiger partial charge is 0.425 e. The fourth-order valence-electron chi connectivity index (χ4n) is 5.49. The molecule has 0 radical (unpaired) electrons. The van der Waals surface area contributed by atoms with Gasteiger partial charge in [-0.05, 0) is 34.7 Å². The first-order chi connectivity index (χ1) is 15.2. The summed E-state index contributed by atoms with van der Waals surface area (Å²) in [4.78, 5) is 27.2. The van der Waals surface area contributed by atoms with Crippen LogP contribution in [0.3, 0.4) is 0 Å². The average Bonchev–Trinajstić information content (AvgIpc) is 2.81. The van der Waals surface area contributed by atoms with Gasteiger partial charge >= 0.3 is 5.97 Å². The first-order valence-electron chi connectivity index (χ1n) is 10.6. The van der Waals surface area contributed by atoms with Gasteiger partial charge in [0.25, 0.3) is 0 Å². The lowest BCUT2D eigenvalue weighted by atomic mass is 9.46. The van der Waals surface area contributed by atoms with Crippen molar-refractivity contribution in [3.63, 3.8) is 0 Å². The van der Waals surface area contributed by atoms with Crippen molar-refractivity contribution >= 4 is 22.5 Å². The standard InChI is InChI=1S/C28H20O3/c29-26(20-12-5-2-6-13-20)28-17-22(18-9-3-1-4-10-18)25(28)24-21-14-8-7-11-19(21)15-16-23(24)31-27(28)30/h1-16,22,25H,17H2/t22-,25+,28+/m1/s1. The normalized spacial score (nSPS) is 23.9. The number of hydrogen-bond donors (Lipinski definition) is 0. The molecule has 4 aromatic carbocycles. The van der Waals surface area contributed by atoms with Crippen LogP contribution >= 0.6 is 0 Å². The van der Waals surface area contributed by atoms with E-state index in [1.807, 2.05) is 60.7 Å². The highest BCUT2D eigenvalue weighted by molar-refractivity contribution is 6.16. The summed E-state index contributed by atoms with van der Waals surface area (Å²) in [7, 11) is 0. The number of carbonyl (C=O) groups excluding carboxylic acids is 2. The average molecular weight is 404 g/mol. The monoisotopic (exact) mass is 404 g/mol. The van der Waals surface area contributed by atoms with Gasteiger partial charge in [0.15, 0.2) is 5.78 Å². The molecule has 31 heavy (non-hydrogen) atoms. The van der Waals surface area contributed by atoms with Crippen LogP contribution in [0.4, 0.5) is 0 Å². The highest BCUT2D eigenvalue weighted by atomic mass is 16.5. The third-order valence-corrected chi connectivity index (χ3v) is 6.95. The minimum atomic E-state index is -1.20. The Labute approximate surface area is 180 Å². The van der Waals surface area contributed by atoms with Gasteiger partial charge in [0.2, 0.25) is 0 Å². The van der Waals surface area contributed by atoms with Crippen LogP contribution in [0.5, 0.6) is 5.75 Å². The van der Waals surface area contributed by atoms with Crippen molar-refractivity contribution in [1.82, 2.24) is 0 Å². The smallest absolute Gasteiger partial charge is 0.326 e. The Morgan fingerprint density at radius 3 is 2.26 bits per heavy atom. The molecule has 0 aromatic heterocycles. The lowest BCUT2D eigenvalue weighted by Crippen LogP contribution is -2.59. The van der Waals surface area contributed by atoms with Gasteiger partial charge in [-0.3, -0.25) is 9.59 Å². The lowest BCUT2D eigenvalue weighted by molar-refractivity contribution is -0.152. The van der Waals surface area contributed by atoms with E-state index < -0.39 is 11.4 Å². The molecule has 0 bridgehead atoms. The number of benzene rings is 4. The molecule has 1 aliphatic heterocycles. The van der Waals surface area contributed by atoms with E-state index in [4.69, 9.17) is 4.74 Å². The van der Waals surface area contributed by atoms with Gasteiger partial charge in [0.05, 0.1) is 0 Å². The second kappa shape index (κ2) is 6.64. The van der Waals surface area contributed by atoms with E-state index in [9.17, 15) is 9.59 Å². The molecule has 1 aliphatic carbocycles. The van der Waals surface area contributed by atoms with Crippen molar-refractivity contribution in [3.05, 3.63) is 114 Å². The summed E-state index contributed by atoms with van der Waals surface area (Å²) in [6.45, 7) is 0. The molecule has 2 aliphatic rings. The molecule has 4 aromatic rings. The van der Waals surface area contributed by atoms with E-state index in [0.29, 0.717) is 17.7 Å². The minimum absolute atomic E-state index is 0.0752. The lowest BCUT2D eigenvalue weighted by Gasteiger charge is -2.55. The maximum Gasteiger partial charge on any atom is 0.326 e. The van der Waals surface area contributed by atoms with Gasteiger partial charge in [-0.25, -0.2) is 0 Å². The Bertz CT molecular complexity index is 1330. The Balaban J connectivity index is 1.60. The molecular weight excluding hydrogens is 384 g/mol. The number of carbonyl (C=O) groups is 2. The highest BCUT2D eigenvalue weighted by Gasteiger charge is 2.67. The summed E-state index contributed by atoms with van der Waals surface area (Å²) in [5.74, 6) is -0.183. The number of esters is 1. The minimum Gasteiger partial charge on any atom is -0.425 e. The van der Waals surface area contributed by atoms with Crippen LogP contribution in [0.15, 0.2) is 97.1 Å². The number of rotatable bonds is 3. The first kappa shape index (κ1) is 18.1. The van der Waals surface area contributed by atoms with Crippen LogP contribution in [0.1, 0.15) is 39.7 Å². The number of Topliss-reactive ketones (excluding diaryl/α,β-unsaturated/α-hetero) is 1. The van der Waals surface area contributed by atoms with Crippen molar-refractivity contribution < 1.29 is 14.3 Å². The van der Waals surface area contributed by atoms with Crippen LogP contribution in [0, 0.1) is 5.41 Å². The van der Waals surface area contributed by atoms with Crippen molar-refractivity contribution in [2.45, 2.75) is 18.3 Å². The van der Waals surface area contributed by atoms with Crippen molar-refractivity contribution in [3.8, 4) is 5.75 Å². The molecule has 0 saturated heterocycles. The number of ether oxygens (including phenoxy) is 1. The fraction of sp³-hybridized carbons (Fsp3) is 0.143. The zero-order valence-corrected chi connectivity index (χ0v) is 16.8. The maximum atomic E-state index is 13.8. The molecule has 1 fully saturated rings. The Kier molecular flexibility index (Phi) is 3.87. The van der Waals surface area contributed by atoms with Gasteiger partial charge in [-0.15, -0.1) is 0 Å². The van der Waals surface area contributed by atoms with Crippen LogP contribution in [0.2, 0.25) is 0 Å². The van der Waals surface area contributed by atoms with Crippen molar-refractivity contribution in [1.29, 1.82) is 0 Å². The molecule has 3 heteroatoms. The molecule has 0 amide bonds. The van der Waals surface area contributed by atoms with Gasteiger partial charge in [0.1, 0.15) is 11.2 Å². The molecule has 150 valence electrons. The summed E-state index contributed by atoms with van der Waals surface area (Å²) >= 11 is 0. The summed E-state index contributed by atoms with van der Waals surface area (Å²) < 4.78 is 5.84. The Morgan fingerprint density at radius 2 is 1.48 bits per heavy atom. The molecule has 0 unspecified atom stereocenters. The van der Waals surface area contributed by atoms with Crippen LogP contribution < -0.4 is 4.74 Å². The second-order valence-corrected chi connectivity index (χ2v) is 8.45. The quantitative estimate of drug-likeness (QED) is 0.185. The van der Waals surface area contributed by atoms with Gasteiger partial charge in [0, 0.05) is 17.0 Å². The second-order valence-electron chi connectivity index (χ2n) is 8.45. The highest BCUT2D eigenvalue weighted by Crippen LogP contribution is 2.67. The van der Waals surface area contributed by atoms with Gasteiger partial charge < -0.3 is 4.74 Å². The molecule has 6 rings (SSSR count). The van der Waals surface area contributed by atoms with Gasteiger partial charge in [-0.2, -0.15) is 0 Å². The van der Waals surface area contributed by atoms with Crippen LogP contribution in [-0.2, 0) is 4.79 Å². The predicted molar refractivity (Wildman–Crippen MR) is 119 cm³/mol. The Hall–Kier alpha value is -3.72. The maximum absolute atomic E-state index is 13.8. The van der Waals surface area contributed by atoms with Crippen LogP contribution in [-0.4, -0.2) is 11.8 Å². The summed E-state index contributed by atoms with van der Waals surface area (Å²) in [6, 6.07) is 31.3. The van der Waals surface area contributed by atoms with E-state index >= 15 is 0 Å². The summed E-state index contributed by atoms with van der Waals surface area (Å²) in [6.07, 6.45) is 0.455. The van der Waals surface area contributed by atoms with E-state index in [2.05, 4.69) is 24.3 Å².